The van der Waals surface area contributed by atoms with Crippen LogP contribution in [0.15, 0.2) is 23.1 Å². The fourth-order valence-corrected chi connectivity index (χ4v) is 5.86. The Morgan fingerprint density at radius 1 is 1.29 bits per heavy atom. The van der Waals surface area contributed by atoms with E-state index in [1.54, 1.807) is 20.8 Å². The summed E-state index contributed by atoms with van der Waals surface area (Å²) < 4.78 is 31.9. The van der Waals surface area contributed by atoms with Crippen molar-refractivity contribution in [1.82, 2.24) is 10.2 Å². The van der Waals surface area contributed by atoms with Gasteiger partial charge in [0, 0.05) is 11.6 Å². The van der Waals surface area contributed by atoms with E-state index >= 15 is 0 Å². The van der Waals surface area contributed by atoms with Crippen LogP contribution in [0.1, 0.15) is 40.0 Å². The Morgan fingerprint density at radius 3 is 2.45 bits per heavy atom. The Bertz CT molecular complexity index is 1060. The van der Waals surface area contributed by atoms with Gasteiger partial charge in [-0.3, -0.25) is 9.69 Å². The molecule has 1 aromatic carbocycles. The number of carbonyl (C=O) groups is 2. The molecule has 31 heavy (non-hydrogen) atoms. The summed E-state index contributed by atoms with van der Waals surface area (Å²) >= 11 is 12.0. The summed E-state index contributed by atoms with van der Waals surface area (Å²) in [6.45, 7) is 4.78. The van der Waals surface area contributed by atoms with Crippen molar-refractivity contribution in [3.05, 3.63) is 28.2 Å². The van der Waals surface area contributed by atoms with Crippen LogP contribution in [0.3, 0.4) is 0 Å². The van der Waals surface area contributed by atoms with Crippen LogP contribution in [0.25, 0.3) is 0 Å². The summed E-state index contributed by atoms with van der Waals surface area (Å²) in [4.78, 5) is 26.7. The van der Waals surface area contributed by atoms with Crippen molar-refractivity contribution < 1.29 is 22.7 Å². The molecule has 1 aromatic rings. The third-order valence-corrected chi connectivity index (χ3v) is 8.01. The molecule has 2 fully saturated rings. The van der Waals surface area contributed by atoms with Crippen LogP contribution in [0.4, 0.5) is 4.79 Å². The van der Waals surface area contributed by atoms with Crippen LogP contribution in [-0.2, 0) is 19.4 Å². The molecule has 168 valence electrons. The number of likely N-dealkylation sites (tertiary alicyclic amines) is 1. The molecule has 0 aromatic heterocycles. The second-order valence-electron chi connectivity index (χ2n) is 8.81. The van der Waals surface area contributed by atoms with Gasteiger partial charge in [-0.1, -0.05) is 23.2 Å². The molecule has 3 rings (SSSR count). The average molecular weight is 488 g/mol. The van der Waals surface area contributed by atoms with E-state index in [4.69, 9.17) is 27.9 Å². The minimum Gasteiger partial charge on any atom is -0.444 e. The number of carbonyl (C=O) groups excluding carboxylic acids is 2. The summed E-state index contributed by atoms with van der Waals surface area (Å²) in [6, 6.07) is 5.00. The molecule has 1 saturated carbocycles. The third kappa shape index (κ3) is 5.08. The van der Waals surface area contributed by atoms with Crippen LogP contribution < -0.4 is 5.32 Å². The molecule has 11 heteroatoms. The Balaban J connectivity index is 1.90. The van der Waals surface area contributed by atoms with Gasteiger partial charge in [0.15, 0.2) is 9.84 Å². The standard InChI is InChI=1S/C20H23Cl2N3O5S/c1-19(2,3)30-18(27)25-10-13(9-15(25)17(26)24-20(11-23)6-7-20)31(28,29)16-5-4-12(21)8-14(16)22/h4-5,8,13,15H,6-7,9-10H2,1-3H3,(H,24,26)/t13-,15+/m1/s1. The molecule has 0 radical (unpaired) electrons. The first-order valence-electron chi connectivity index (χ1n) is 9.70. The van der Waals surface area contributed by atoms with Crippen molar-refractivity contribution in [3.8, 4) is 6.07 Å². The number of benzene rings is 1. The zero-order valence-corrected chi connectivity index (χ0v) is 19.6. The molecule has 2 aliphatic rings. The Kier molecular flexibility index (Phi) is 6.22. The number of rotatable bonds is 4. The van der Waals surface area contributed by atoms with E-state index in [0.29, 0.717) is 12.8 Å². The molecule has 8 nitrogen and oxygen atoms in total. The van der Waals surface area contributed by atoms with Crippen LogP contribution >= 0.6 is 23.2 Å². The van der Waals surface area contributed by atoms with Crippen molar-refractivity contribution in [2.75, 3.05) is 6.54 Å². The molecule has 2 atom stereocenters. The molecule has 0 spiro atoms. The maximum atomic E-state index is 13.3. The Hall–Kier alpha value is -2.02. The van der Waals surface area contributed by atoms with E-state index in [2.05, 4.69) is 11.4 Å². The van der Waals surface area contributed by atoms with E-state index < -0.39 is 44.3 Å². The summed E-state index contributed by atoms with van der Waals surface area (Å²) in [6.07, 6.45) is 0.0790. The lowest BCUT2D eigenvalue weighted by atomic mass is 10.2. The zero-order chi connectivity index (χ0) is 23.2. The Morgan fingerprint density at radius 2 is 1.94 bits per heavy atom. The first-order chi connectivity index (χ1) is 14.3. The van der Waals surface area contributed by atoms with E-state index in [0.717, 1.165) is 4.90 Å². The van der Waals surface area contributed by atoms with Gasteiger partial charge < -0.3 is 10.1 Å². The van der Waals surface area contributed by atoms with Gasteiger partial charge in [-0.15, -0.1) is 0 Å². The lowest BCUT2D eigenvalue weighted by Gasteiger charge is -2.28. The maximum absolute atomic E-state index is 13.3. The normalized spacial score (nSPS) is 22.5. The Labute approximate surface area is 191 Å². The van der Waals surface area contributed by atoms with Gasteiger partial charge in [0.25, 0.3) is 0 Å². The maximum Gasteiger partial charge on any atom is 0.411 e. The molecule has 2 amide bonds. The molecule has 1 heterocycles. The molecular weight excluding hydrogens is 465 g/mol. The number of hydrogen-bond acceptors (Lipinski definition) is 6. The van der Waals surface area contributed by atoms with Crippen molar-refractivity contribution in [1.29, 1.82) is 5.26 Å². The van der Waals surface area contributed by atoms with Crippen molar-refractivity contribution in [2.24, 2.45) is 0 Å². The summed E-state index contributed by atoms with van der Waals surface area (Å²) in [5, 5.41) is 11.1. The van der Waals surface area contributed by atoms with Gasteiger partial charge >= 0.3 is 6.09 Å². The molecule has 0 unspecified atom stereocenters. The smallest absolute Gasteiger partial charge is 0.411 e. The highest BCUT2D eigenvalue weighted by molar-refractivity contribution is 7.92. The molecule has 1 saturated heterocycles. The lowest BCUT2D eigenvalue weighted by Crippen LogP contribution is -2.50. The number of amides is 2. The van der Waals surface area contributed by atoms with Crippen molar-refractivity contribution >= 4 is 45.0 Å². The summed E-state index contributed by atoms with van der Waals surface area (Å²) in [5.41, 5.74) is -1.79. The predicted molar refractivity (Wildman–Crippen MR) is 115 cm³/mol. The number of ether oxygens (including phenoxy) is 1. The highest BCUT2D eigenvalue weighted by atomic mass is 35.5. The monoisotopic (exact) mass is 487 g/mol. The topological polar surface area (TPSA) is 117 Å². The van der Waals surface area contributed by atoms with E-state index in [9.17, 15) is 23.3 Å². The lowest BCUT2D eigenvalue weighted by molar-refractivity contribution is -0.126. The fraction of sp³-hybridized carbons (Fsp3) is 0.550. The van der Waals surface area contributed by atoms with E-state index in [1.165, 1.54) is 18.2 Å². The van der Waals surface area contributed by atoms with E-state index in [-0.39, 0.29) is 27.9 Å². The van der Waals surface area contributed by atoms with Gasteiger partial charge in [-0.05, 0) is 58.2 Å². The first kappa shape index (κ1) is 23.6. The van der Waals surface area contributed by atoms with Crippen LogP contribution in [-0.4, -0.2) is 54.3 Å². The van der Waals surface area contributed by atoms with Crippen LogP contribution in [0, 0.1) is 11.3 Å². The second-order valence-corrected chi connectivity index (χ2v) is 11.8. The van der Waals surface area contributed by atoms with Gasteiger partial charge in [0.05, 0.1) is 21.2 Å². The van der Waals surface area contributed by atoms with Crippen LogP contribution in [0.2, 0.25) is 10.0 Å². The summed E-state index contributed by atoms with van der Waals surface area (Å²) in [7, 11) is -3.98. The fourth-order valence-electron chi connectivity index (χ4n) is 3.39. The van der Waals surface area contributed by atoms with Gasteiger partial charge in [0.2, 0.25) is 5.91 Å². The highest BCUT2D eigenvalue weighted by Gasteiger charge is 2.51. The molecular formula is C20H23Cl2N3O5S. The molecule has 1 aliphatic heterocycles. The molecule has 1 aliphatic carbocycles. The number of halogens is 2. The quantitative estimate of drug-likeness (QED) is 0.695. The number of nitrogens with one attached hydrogen (secondary N) is 1. The van der Waals surface area contributed by atoms with Crippen molar-refractivity contribution in [2.45, 2.75) is 67.4 Å². The highest BCUT2D eigenvalue weighted by Crippen LogP contribution is 2.37. The third-order valence-electron chi connectivity index (χ3n) is 5.16. The van der Waals surface area contributed by atoms with Gasteiger partial charge in [-0.25, -0.2) is 13.2 Å². The summed E-state index contributed by atoms with van der Waals surface area (Å²) in [5.74, 6) is -0.579. The van der Waals surface area contributed by atoms with E-state index in [1.807, 2.05) is 0 Å². The minimum atomic E-state index is -3.98. The molecule has 0 bridgehead atoms. The largest absolute Gasteiger partial charge is 0.444 e. The predicted octanol–water partition coefficient (Wildman–Crippen LogP) is 3.32. The second kappa shape index (κ2) is 8.15. The minimum absolute atomic E-state index is 0.0365. The van der Waals surface area contributed by atoms with Crippen LogP contribution in [0.5, 0.6) is 0 Å². The van der Waals surface area contributed by atoms with Gasteiger partial charge in [-0.2, -0.15) is 5.26 Å². The van der Waals surface area contributed by atoms with Crippen molar-refractivity contribution in [3.63, 3.8) is 0 Å². The number of sulfone groups is 1. The van der Waals surface area contributed by atoms with Gasteiger partial charge in [0.1, 0.15) is 17.2 Å². The average Bonchev–Trinajstić information content (AvgIpc) is 3.25. The number of nitrogens with zero attached hydrogens (tertiary/aromatic N) is 2. The molecule has 1 N–H and O–H groups in total. The number of hydrogen-bond donors (Lipinski definition) is 1. The SMILES string of the molecule is CC(C)(C)OC(=O)N1C[C@H](S(=O)(=O)c2ccc(Cl)cc2Cl)C[C@H]1C(=O)NC1(C#N)CC1. The number of nitriles is 1. The zero-order valence-electron chi connectivity index (χ0n) is 17.3. The first-order valence-corrected chi connectivity index (χ1v) is 12.0.